The van der Waals surface area contributed by atoms with Crippen molar-refractivity contribution in [2.24, 2.45) is 5.92 Å². The number of ether oxygens (including phenoxy) is 1. The molecule has 2 unspecified atom stereocenters. The van der Waals surface area contributed by atoms with E-state index < -0.39 is 0 Å². The molecule has 0 bridgehead atoms. The molecule has 0 aliphatic carbocycles. The van der Waals surface area contributed by atoms with Crippen LogP contribution in [0, 0.1) is 5.92 Å². The summed E-state index contributed by atoms with van der Waals surface area (Å²) in [5.74, 6) is 0.574. The Morgan fingerprint density at radius 3 is 2.54 bits per heavy atom. The first-order chi connectivity index (χ1) is 18.9. The average Bonchev–Trinajstić information content (AvgIpc) is 3.55. The fourth-order valence-electron chi connectivity index (χ4n) is 4.71. The zero-order valence-electron chi connectivity index (χ0n) is 22.0. The number of aromatic nitrogens is 2. The van der Waals surface area contributed by atoms with Crippen molar-refractivity contribution < 1.29 is 9.53 Å². The van der Waals surface area contributed by atoms with Crippen molar-refractivity contribution >= 4 is 46.2 Å². The zero-order chi connectivity index (χ0) is 27.5. The molecule has 7 nitrogen and oxygen atoms in total. The van der Waals surface area contributed by atoms with Crippen LogP contribution in [0.5, 0.6) is 5.75 Å². The van der Waals surface area contributed by atoms with Gasteiger partial charge in [0.05, 0.1) is 29.1 Å². The number of benzene rings is 2. The molecule has 2 aromatic carbocycles. The van der Waals surface area contributed by atoms with E-state index in [-0.39, 0.29) is 23.9 Å². The molecule has 9 heteroatoms. The van der Waals surface area contributed by atoms with Crippen LogP contribution >= 0.6 is 23.8 Å². The summed E-state index contributed by atoms with van der Waals surface area (Å²) >= 11 is 12.5. The van der Waals surface area contributed by atoms with Crippen LogP contribution in [0.3, 0.4) is 0 Å². The number of pyridine rings is 1. The molecular formula is C30H30ClN5O2S. The minimum Gasteiger partial charge on any atom is -0.494 e. The maximum absolute atomic E-state index is 12.3. The van der Waals surface area contributed by atoms with Gasteiger partial charge in [0.15, 0.2) is 5.11 Å². The molecule has 4 aromatic rings. The molecule has 1 fully saturated rings. The number of thiocarbonyl (C=S) groups is 1. The molecule has 2 aromatic heterocycles. The summed E-state index contributed by atoms with van der Waals surface area (Å²) in [6.07, 6.45) is 3.83. The topological polar surface area (TPSA) is 71.4 Å². The van der Waals surface area contributed by atoms with Crippen LogP contribution in [0.15, 0.2) is 85.2 Å². The number of carbonyl (C=O) groups is 1. The molecular weight excluding hydrogens is 530 g/mol. The predicted molar refractivity (Wildman–Crippen MR) is 160 cm³/mol. The minimum atomic E-state index is -0.235. The fourth-order valence-corrected chi connectivity index (χ4v) is 5.27. The van der Waals surface area contributed by atoms with Gasteiger partial charge in [-0.25, -0.2) is 0 Å². The summed E-state index contributed by atoms with van der Waals surface area (Å²) in [6.45, 7) is 6.27. The van der Waals surface area contributed by atoms with Crippen molar-refractivity contribution in [1.82, 2.24) is 14.9 Å². The number of amides is 1. The first-order valence-corrected chi connectivity index (χ1v) is 13.7. The predicted octanol–water partition coefficient (Wildman–Crippen LogP) is 6.70. The van der Waals surface area contributed by atoms with E-state index in [1.807, 2.05) is 93.7 Å². The van der Waals surface area contributed by atoms with Crippen LogP contribution in [0.25, 0.3) is 5.69 Å². The highest BCUT2D eigenvalue weighted by molar-refractivity contribution is 7.80. The van der Waals surface area contributed by atoms with Crippen molar-refractivity contribution in [1.29, 1.82) is 0 Å². The molecule has 2 atom stereocenters. The van der Waals surface area contributed by atoms with Crippen LogP contribution in [-0.2, 0) is 4.79 Å². The normalized spacial score (nSPS) is 16.8. The van der Waals surface area contributed by atoms with E-state index >= 15 is 0 Å². The number of anilines is 2. The van der Waals surface area contributed by atoms with E-state index in [9.17, 15) is 4.79 Å². The van der Waals surface area contributed by atoms with Gasteiger partial charge in [0.1, 0.15) is 11.8 Å². The third kappa shape index (κ3) is 5.48. The number of carbonyl (C=O) groups excluding carboxylic acids is 1. The van der Waals surface area contributed by atoms with Crippen LogP contribution in [0.1, 0.15) is 44.2 Å². The fraction of sp³-hybridized carbons (Fsp3) is 0.233. The Bertz CT molecular complexity index is 1470. The van der Waals surface area contributed by atoms with Crippen molar-refractivity contribution in [3.63, 3.8) is 0 Å². The third-order valence-corrected chi connectivity index (χ3v) is 7.25. The summed E-state index contributed by atoms with van der Waals surface area (Å²) in [7, 11) is 0. The van der Waals surface area contributed by atoms with Gasteiger partial charge in [0, 0.05) is 35.4 Å². The SMILES string of the molecule is CCOc1ccc(-n2cccc2C2C(c3ccccn3)NC(=S)N2c2ccc(NC(=O)C(C)C)c(Cl)c2)cc1. The first-order valence-electron chi connectivity index (χ1n) is 12.9. The van der Waals surface area contributed by atoms with Gasteiger partial charge in [0.2, 0.25) is 5.91 Å². The highest BCUT2D eigenvalue weighted by Gasteiger charge is 2.42. The van der Waals surface area contributed by atoms with Crippen LogP contribution in [0.4, 0.5) is 11.4 Å². The van der Waals surface area contributed by atoms with E-state index in [1.54, 1.807) is 6.20 Å². The lowest BCUT2D eigenvalue weighted by atomic mass is 10.0. The van der Waals surface area contributed by atoms with E-state index in [1.165, 1.54) is 0 Å². The van der Waals surface area contributed by atoms with Gasteiger partial charge in [-0.15, -0.1) is 0 Å². The summed E-state index contributed by atoms with van der Waals surface area (Å²) < 4.78 is 7.79. The van der Waals surface area contributed by atoms with Crippen LogP contribution in [0.2, 0.25) is 5.02 Å². The Labute approximate surface area is 238 Å². The molecule has 1 aliphatic heterocycles. The Hall–Kier alpha value is -3.88. The van der Waals surface area contributed by atoms with Crippen LogP contribution < -0.4 is 20.3 Å². The summed E-state index contributed by atoms with van der Waals surface area (Å²) in [5, 5.41) is 7.38. The van der Waals surface area contributed by atoms with Gasteiger partial charge < -0.3 is 24.8 Å². The highest BCUT2D eigenvalue weighted by Crippen LogP contribution is 2.43. The number of nitrogens with one attached hydrogen (secondary N) is 2. The van der Waals surface area contributed by atoms with Gasteiger partial charge in [-0.1, -0.05) is 31.5 Å². The van der Waals surface area contributed by atoms with Gasteiger partial charge in [-0.3, -0.25) is 9.78 Å². The largest absolute Gasteiger partial charge is 0.494 e. The monoisotopic (exact) mass is 559 g/mol. The highest BCUT2D eigenvalue weighted by atomic mass is 35.5. The average molecular weight is 560 g/mol. The maximum atomic E-state index is 12.3. The van der Waals surface area contributed by atoms with Gasteiger partial charge >= 0.3 is 0 Å². The first kappa shape index (κ1) is 26.7. The molecule has 1 aliphatic rings. The smallest absolute Gasteiger partial charge is 0.226 e. The molecule has 5 rings (SSSR count). The van der Waals surface area contributed by atoms with Gasteiger partial charge in [0.25, 0.3) is 0 Å². The Kier molecular flexibility index (Phi) is 7.86. The van der Waals surface area contributed by atoms with Crippen LogP contribution in [-0.4, -0.2) is 27.2 Å². The quantitative estimate of drug-likeness (QED) is 0.234. The molecule has 3 heterocycles. The minimum absolute atomic E-state index is 0.0933. The Morgan fingerprint density at radius 1 is 1.10 bits per heavy atom. The molecule has 1 amide bonds. The second kappa shape index (κ2) is 11.5. The number of rotatable bonds is 8. The van der Waals surface area contributed by atoms with E-state index in [0.717, 1.165) is 28.5 Å². The van der Waals surface area contributed by atoms with Crippen molar-refractivity contribution in [3.05, 3.63) is 102 Å². The number of halogens is 1. The van der Waals surface area contributed by atoms with Crippen molar-refractivity contribution in [2.45, 2.75) is 32.9 Å². The number of hydrogen-bond acceptors (Lipinski definition) is 4. The van der Waals surface area contributed by atoms with Gasteiger partial charge in [-0.05, 0) is 85.9 Å². The second-order valence-electron chi connectivity index (χ2n) is 9.53. The lowest BCUT2D eigenvalue weighted by molar-refractivity contribution is -0.118. The molecule has 39 heavy (non-hydrogen) atoms. The molecule has 2 N–H and O–H groups in total. The summed E-state index contributed by atoms with van der Waals surface area (Å²) in [6, 6.07) is 23.1. The summed E-state index contributed by atoms with van der Waals surface area (Å²) in [5.41, 5.74) is 4.27. The molecule has 200 valence electrons. The summed E-state index contributed by atoms with van der Waals surface area (Å²) in [4.78, 5) is 19.0. The third-order valence-electron chi connectivity index (χ3n) is 6.62. The second-order valence-corrected chi connectivity index (χ2v) is 10.3. The molecule has 1 saturated heterocycles. The lowest BCUT2D eigenvalue weighted by Gasteiger charge is -2.29. The van der Waals surface area contributed by atoms with Crippen molar-refractivity contribution in [2.75, 3.05) is 16.8 Å². The van der Waals surface area contributed by atoms with E-state index in [0.29, 0.717) is 22.4 Å². The standard InChI is InChI=1S/C30H30ClN5O2S/c1-4-38-22-13-10-20(11-14-22)35-17-7-9-26(35)28-27(25-8-5-6-16-32-25)34-30(39)36(28)21-12-15-24(23(31)18-21)33-29(37)19(2)3/h5-19,27-28H,4H2,1-3H3,(H,33,37)(H,34,39). The zero-order valence-corrected chi connectivity index (χ0v) is 23.5. The molecule has 0 saturated carbocycles. The van der Waals surface area contributed by atoms with Crippen molar-refractivity contribution in [3.8, 4) is 11.4 Å². The molecule has 0 spiro atoms. The Balaban J connectivity index is 1.57. The van der Waals surface area contributed by atoms with E-state index in [4.69, 9.17) is 28.6 Å². The lowest BCUT2D eigenvalue weighted by Crippen LogP contribution is -2.30. The maximum Gasteiger partial charge on any atom is 0.226 e. The number of nitrogens with zero attached hydrogens (tertiary/aromatic N) is 3. The van der Waals surface area contributed by atoms with E-state index in [2.05, 4.69) is 31.2 Å². The van der Waals surface area contributed by atoms with Gasteiger partial charge in [-0.2, -0.15) is 0 Å². The molecule has 0 radical (unpaired) electrons. The Morgan fingerprint density at radius 2 is 1.87 bits per heavy atom. The number of hydrogen-bond donors (Lipinski definition) is 2.